The number of sulfonamides is 1. The molecule has 0 spiro atoms. The number of hydrogen-bond donors (Lipinski definition) is 2. The summed E-state index contributed by atoms with van der Waals surface area (Å²) in [6.07, 6.45) is 0. The molecule has 0 saturated carbocycles. The van der Waals surface area contributed by atoms with Crippen molar-refractivity contribution in [1.82, 2.24) is 0 Å². The van der Waals surface area contributed by atoms with Crippen LogP contribution in [0, 0.1) is 0 Å². The zero-order valence-electron chi connectivity index (χ0n) is 6.57. The topological polar surface area (TPSA) is 66.4 Å². The van der Waals surface area contributed by atoms with Gasteiger partial charge >= 0.3 is 0 Å². The van der Waals surface area contributed by atoms with Gasteiger partial charge in [-0.15, -0.1) is 0 Å². The van der Waals surface area contributed by atoms with Crippen LogP contribution in [-0.2, 0) is 10.0 Å². The third-order valence-electron chi connectivity index (χ3n) is 1.26. The summed E-state index contributed by atoms with van der Waals surface area (Å²) in [4.78, 5) is 0. The lowest BCUT2D eigenvalue weighted by molar-refractivity contribution is 0.475. The molecule has 0 aliphatic rings. The number of benzene rings is 1. The molecule has 0 aliphatic heterocycles. The Labute approximate surface area is 84.8 Å². The Balaban J connectivity index is 2.87. The molecule has 0 aromatic heterocycles. The fourth-order valence-corrected chi connectivity index (χ4v) is 1.66. The SMILES string of the molecule is O=S(=O)(CBr)Nc1cccc(O)c1. The van der Waals surface area contributed by atoms with Gasteiger partial charge in [0.25, 0.3) is 0 Å². The van der Waals surface area contributed by atoms with Crippen LogP contribution in [0.1, 0.15) is 0 Å². The first-order chi connectivity index (χ1) is 6.03. The average molecular weight is 266 g/mol. The molecular formula is C7H8BrNO3S. The summed E-state index contributed by atoms with van der Waals surface area (Å²) in [5.41, 5.74) is 0.347. The van der Waals surface area contributed by atoms with Crippen LogP contribution in [0.2, 0.25) is 0 Å². The predicted octanol–water partition coefficient (Wildman–Crippen LogP) is 1.49. The highest BCUT2D eigenvalue weighted by atomic mass is 79.9. The molecular weight excluding hydrogens is 258 g/mol. The van der Waals surface area contributed by atoms with Gasteiger partial charge in [0, 0.05) is 6.07 Å². The van der Waals surface area contributed by atoms with E-state index < -0.39 is 10.0 Å². The van der Waals surface area contributed by atoms with Crippen molar-refractivity contribution in [1.29, 1.82) is 0 Å². The Morgan fingerprint density at radius 1 is 1.46 bits per heavy atom. The van der Waals surface area contributed by atoms with Crippen molar-refractivity contribution in [2.45, 2.75) is 0 Å². The van der Waals surface area contributed by atoms with Crippen molar-refractivity contribution in [3.8, 4) is 5.75 Å². The Bertz CT molecular complexity index is 390. The molecule has 0 atom stereocenters. The number of phenols is 1. The lowest BCUT2D eigenvalue weighted by Crippen LogP contribution is -2.12. The molecule has 0 heterocycles. The van der Waals surface area contributed by atoms with E-state index in [2.05, 4.69) is 20.7 Å². The fraction of sp³-hybridized carbons (Fsp3) is 0.143. The van der Waals surface area contributed by atoms with Gasteiger partial charge in [0.05, 0.1) is 5.69 Å². The second-order valence-electron chi connectivity index (χ2n) is 2.38. The van der Waals surface area contributed by atoms with Crippen LogP contribution < -0.4 is 4.72 Å². The van der Waals surface area contributed by atoms with Crippen LogP contribution in [0.3, 0.4) is 0 Å². The summed E-state index contributed by atoms with van der Waals surface area (Å²) in [5.74, 6) is 0.0229. The van der Waals surface area contributed by atoms with E-state index in [9.17, 15) is 8.42 Å². The van der Waals surface area contributed by atoms with E-state index in [1.807, 2.05) is 0 Å². The maximum Gasteiger partial charge on any atom is 0.242 e. The summed E-state index contributed by atoms with van der Waals surface area (Å²) in [6, 6.07) is 5.91. The number of hydrogen-bond acceptors (Lipinski definition) is 3. The van der Waals surface area contributed by atoms with Crippen molar-refractivity contribution < 1.29 is 13.5 Å². The van der Waals surface area contributed by atoms with Gasteiger partial charge in [-0.25, -0.2) is 8.42 Å². The molecule has 0 saturated heterocycles. The highest BCUT2D eigenvalue weighted by molar-refractivity contribution is 9.10. The molecule has 0 aliphatic carbocycles. The third-order valence-corrected chi connectivity index (χ3v) is 3.91. The molecule has 2 N–H and O–H groups in total. The molecule has 0 unspecified atom stereocenters. The number of aromatic hydroxyl groups is 1. The Morgan fingerprint density at radius 3 is 2.69 bits per heavy atom. The molecule has 0 bridgehead atoms. The summed E-state index contributed by atoms with van der Waals surface area (Å²) in [5, 5.41) is 9.04. The second-order valence-corrected chi connectivity index (χ2v) is 5.40. The van der Waals surface area contributed by atoms with Gasteiger partial charge in [0.1, 0.15) is 10.4 Å². The zero-order valence-corrected chi connectivity index (χ0v) is 8.97. The second kappa shape index (κ2) is 3.97. The van der Waals surface area contributed by atoms with E-state index in [0.717, 1.165) is 0 Å². The molecule has 0 radical (unpaired) electrons. The third kappa shape index (κ3) is 3.23. The lowest BCUT2D eigenvalue weighted by Gasteiger charge is -2.04. The largest absolute Gasteiger partial charge is 0.508 e. The van der Waals surface area contributed by atoms with Gasteiger partial charge in [-0.2, -0.15) is 0 Å². The first-order valence-corrected chi connectivity index (χ1v) is 6.16. The Hall–Kier alpha value is -0.750. The van der Waals surface area contributed by atoms with Crippen molar-refractivity contribution >= 4 is 31.6 Å². The first kappa shape index (κ1) is 10.3. The van der Waals surface area contributed by atoms with Crippen molar-refractivity contribution in [2.75, 3.05) is 9.38 Å². The monoisotopic (exact) mass is 265 g/mol. The molecule has 1 rings (SSSR count). The van der Waals surface area contributed by atoms with Crippen LogP contribution in [0.4, 0.5) is 5.69 Å². The van der Waals surface area contributed by atoms with Crippen molar-refractivity contribution in [3.05, 3.63) is 24.3 Å². The van der Waals surface area contributed by atoms with Gasteiger partial charge in [0.15, 0.2) is 0 Å². The smallest absolute Gasteiger partial charge is 0.242 e. The van der Waals surface area contributed by atoms with Crippen LogP contribution in [0.15, 0.2) is 24.3 Å². The molecule has 1 aromatic carbocycles. The number of alkyl halides is 1. The summed E-state index contributed by atoms with van der Waals surface area (Å²) in [7, 11) is -3.33. The van der Waals surface area contributed by atoms with Crippen LogP contribution in [0.25, 0.3) is 0 Å². The summed E-state index contributed by atoms with van der Waals surface area (Å²) >= 11 is 2.83. The lowest BCUT2D eigenvalue weighted by atomic mass is 10.3. The Morgan fingerprint density at radius 2 is 2.15 bits per heavy atom. The van der Waals surface area contributed by atoms with Crippen molar-refractivity contribution in [3.63, 3.8) is 0 Å². The van der Waals surface area contributed by atoms with E-state index in [1.165, 1.54) is 12.1 Å². The highest BCUT2D eigenvalue weighted by Gasteiger charge is 2.07. The number of nitrogens with one attached hydrogen (secondary N) is 1. The molecule has 4 nitrogen and oxygen atoms in total. The van der Waals surface area contributed by atoms with Crippen LogP contribution >= 0.6 is 15.9 Å². The van der Waals surface area contributed by atoms with Crippen molar-refractivity contribution in [2.24, 2.45) is 0 Å². The summed E-state index contributed by atoms with van der Waals surface area (Å²) in [6.45, 7) is 0. The van der Waals surface area contributed by atoms with E-state index in [1.54, 1.807) is 12.1 Å². The van der Waals surface area contributed by atoms with E-state index >= 15 is 0 Å². The van der Waals surface area contributed by atoms with Crippen LogP contribution in [0.5, 0.6) is 5.75 Å². The number of anilines is 1. The Kier molecular flexibility index (Phi) is 3.16. The first-order valence-electron chi connectivity index (χ1n) is 3.39. The normalized spacial score (nSPS) is 11.2. The number of rotatable bonds is 3. The maximum absolute atomic E-state index is 11.0. The van der Waals surface area contributed by atoms with E-state index in [-0.39, 0.29) is 10.4 Å². The average Bonchev–Trinajstić information content (AvgIpc) is 2.03. The predicted molar refractivity (Wildman–Crippen MR) is 54.4 cm³/mol. The molecule has 0 fully saturated rings. The van der Waals surface area contributed by atoms with Gasteiger partial charge in [-0.1, -0.05) is 22.0 Å². The molecule has 1 aromatic rings. The maximum atomic E-state index is 11.0. The molecule has 0 amide bonds. The van der Waals surface area contributed by atoms with Gasteiger partial charge in [-0.05, 0) is 12.1 Å². The zero-order chi connectivity index (χ0) is 9.90. The molecule has 72 valence electrons. The molecule has 6 heteroatoms. The van der Waals surface area contributed by atoms with Gasteiger partial charge < -0.3 is 5.11 Å². The van der Waals surface area contributed by atoms with E-state index in [4.69, 9.17) is 5.11 Å². The minimum atomic E-state index is -3.33. The molecule has 13 heavy (non-hydrogen) atoms. The fourth-order valence-electron chi connectivity index (χ4n) is 0.776. The van der Waals surface area contributed by atoms with E-state index in [0.29, 0.717) is 5.69 Å². The standard InChI is InChI=1S/C7H8BrNO3S/c8-5-13(11,12)9-6-2-1-3-7(10)4-6/h1-4,9-10H,5H2. The number of phenolic OH excluding ortho intramolecular Hbond substituents is 1. The summed E-state index contributed by atoms with van der Waals surface area (Å²) < 4.78 is 24.2. The van der Waals surface area contributed by atoms with Crippen LogP contribution in [-0.4, -0.2) is 18.2 Å². The van der Waals surface area contributed by atoms with Gasteiger partial charge in [-0.3, -0.25) is 4.72 Å². The van der Waals surface area contributed by atoms with Gasteiger partial charge in [0.2, 0.25) is 10.0 Å². The quantitative estimate of drug-likeness (QED) is 0.814. The highest BCUT2D eigenvalue weighted by Crippen LogP contribution is 2.16. The minimum absolute atomic E-state index is 0.0229. The number of halogens is 1. The minimum Gasteiger partial charge on any atom is -0.508 e.